The number of nitrogens with one attached hydrogen (secondary N) is 1. The fraction of sp³-hybridized carbons (Fsp3) is 0.714. The predicted molar refractivity (Wildman–Crippen MR) is 80.0 cm³/mol. The summed E-state index contributed by atoms with van der Waals surface area (Å²) in [6.07, 6.45) is 6.71. The van der Waals surface area contributed by atoms with Gasteiger partial charge in [0.15, 0.2) is 0 Å². The van der Waals surface area contributed by atoms with Crippen LogP contribution < -0.4 is 11.1 Å². The van der Waals surface area contributed by atoms with Gasteiger partial charge in [-0.2, -0.15) is 0 Å². The molecule has 1 aromatic rings. The van der Waals surface area contributed by atoms with Crippen molar-refractivity contribution in [1.82, 2.24) is 10.3 Å². The lowest BCUT2D eigenvalue weighted by Gasteiger charge is -2.14. The molecular weight excluding hydrogens is 258 g/mol. The van der Waals surface area contributed by atoms with Crippen molar-refractivity contribution in [2.75, 3.05) is 6.54 Å². The molecule has 0 aliphatic carbocycles. The number of thiazole rings is 1. The Bertz CT molecular complexity index is 373. The van der Waals surface area contributed by atoms with E-state index >= 15 is 0 Å². The summed E-state index contributed by atoms with van der Waals surface area (Å²) in [6, 6.07) is 0. The highest BCUT2D eigenvalue weighted by Gasteiger charge is 2.10. The van der Waals surface area contributed by atoms with E-state index in [2.05, 4.69) is 17.2 Å². The number of hydrogen-bond donors (Lipinski definition) is 2. The van der Waals surface area contributed by atoms with Crippen LogP contribution in [0.15, 0.2) is 6.20 Å². The second kappa shape index (κ2) is 9.04. The molecule has 0 bridgehead atoms. The van der Waals surface area contributed by atoms with E-state index < -0.39 is 0 Å². The molecular formula is C14H25N3OS. The molecule has 19 heavy (non-hydrogen) atoms. The fourth-order valence-corrected chi connectivity index (χ4v) is 2.88. The smallest absolute Gasteiger partial charge is 0.220 e. The lowest BCUT2D eigenvalue weighted by atomic mass is 9.94. The lowest BCUT2D eigenvalue weighted by molar-refractivity contribution is -0.121. The first-order chi connectivity index (χ1) is 9.15. The number of hydrogen-bond acceptors (Lipinski definition) is 4. The highest BCUT2D eigenvalue weighted by Crippen LogP contribution is 2.17. The van der Waals surface area contributed by atoms with E-state index in [1.165, 1.54) is 4.88 Å². The van der Waals surface area contributed by atoms with Crippen LogP contribution in [0.4, 0.5) is 0 Å². The largest absolute Gasteiger partial charge is 0.350 e. The maximum Gasteiger partial charge on any atom is 0.220 e. The molecule has 3 N–H and O–H groups in total. The topological polar surface area (TPSA) is 68.0 Å². The number of carbonyl (C=O) groups is 1. The Morgan fingerprint density at radius 1 is 1.47 bits per heavy atom. The zero-order valence-electron chi connectivity index (χ0n) is 11.9. The molecule has 0 saturated heterocycles. The molecule has 1 rings (SSSR count). The van der Waals surface area contributed by atoms with Crippen LogP contribution in [0.25, 0.3) is 0 Å². The lowest BCUT2D eigenvalue weighted by Crippen LogP contribution is -2.23. The summed E-state index contributed by atoms with van der Waals surface area (Å²) in [4.78, 5) is 17.2. The third-order valence-corrected chi connectivity index (χ3v) is 4.07. The highest BCUT2D eigenvalue weighted by molar-refractivity contribution is 7.11. The molecule has 0 spiro atoms. The zero-order valence-corrected chi connectivity index (χ0v) is 12.8. The Hall–Kier alpha value is -0.940. The fourth-order valence-electron chi connectivity index (χ4n) is 2.16. The van der Waals surface area contributed by atoms with E-state index in [4.69, 9.17) is 5.73 Å². The summed E-state index contributed by atoms with van der Waals surface area (Å²) in [7, 11) is 0. The quantitative estimate of drug-likeness (QED) is 0.732. The summed E-state index contributed by atoms with van der Waals surface area (Å²) in [5.41, 5.74) is 5.60. The van der Waals surface area contributed by atoms with Gasteiger partial charge in [0.05, 0.1) is 6.54 Å². The van der Waals surface area contributed by atoms with E-state index in [0.29, 0.717) is 25.4 Å². The van der Waals surface area contributed by atoms with Gasteiger partial charge < -0.3 is 11.1 Å². The van der Waals surface area contributed by atoms with Gasteiger partial charge in [-0.15, -0.1) is 11.3 Å². The first-order valence-corrected chi connectivity index (χ1v) is 7.85. The average Bonchev–Trinajstić information content (AvgIpc) is 2.80. The Balaban J connectivity index is 2.22. The minimum absolute atomic E-state index is 0.117. The van der Waals surface area contributed by atoms with Crippen LogP contribution in [0, 0.1) is 12.8 Å². The number of carbonyl (C=O) groups excluding carboxylic acids is 1. The highest BCUT2D eigenvalue weighted by atomic mass is 32.1. The first kappa shape index (κ1) is 16.1. The van der Waals surface area contributed by atoms with Crippen molar-refractivity contribution in [3.63, 3.8) is 0 Å². The number of nitrogens with zero attached hydrogens (tertiary/aromatic N) is 1. The molecule has 0 fully saturated rings. The van der Waals surface area contributed by atoms with Gasteiger partial charge in [0.2, 0.25) is 5.91 Å². The molecule has 4 nitrogen and oxygen atoms in total. The normalized spacial score (nSPS) is 12.4. The number of nitrogens with two attached hydrogens (primary N) is 1. The van der Waals surface area contributed by atoms with E-state index in [0.717, 1.165) is 30.7 Å². The van der Waals surface area contributed by atoms with Gasteiger partial charge in [-0.3, -0.25) is 4.79 Å². The maximum absolute atomic E-state index is 11.8. The van der Waals surface area contributed by atoms with Crippen molar-refractivity contribution < 1.29 is 4.79 Å². The van der Waals surface area contributed by atoms with Crippen LogP contribution in [0.2, 0.25) is 0 Å². The van der Waals surface area contributed by atoms with E-state index in [-0.39, 0.29) is 5.91 Å². The molecule has 108 valence electrons. The van der Waals surface area contributed by atoms with Gasteiger partial charge >= 0.3 is 0 Å². The Morgan fingerprint density at radius 3 is 2.84 bits per heavy atom. The first-order valence-electron chi connectivity index (χ1n) is 7.03. The van der Waals surface area contributed by atoms with Gasteiger partial charge in [0.25, 0.3) is 0 Å². The minimum atomic E-state index is 0.117. The van der Waals surface area contributed by atoms with Crippen LogP contribution in [0.5, 0.6) is 0 Å². The molecule has 1 heterocycles. The maximum atomic E-state index is 11.8. The van der Waals surface area contributed by atoms with Crippen molar-refractivity contribution in [2.24, 2.45) is 11.7 Å². The van der Waals surface area contributed by atoms with Crippen LogP contribution in [-0.4, -0.2) is 17.4 Å². The van der Waals surface area contributed by atoms with Crippen LogP contribution in [0.1, 0.15) is 48.9 Å². The molecule has 0 radical (unpaired) electrons. The van der Waals surface area contributed by atoms with Crippen LogP contribution >= 0.6 is 11.3 Å². The number of amides is 1. The molecule has 0 aliphatic rings. The van der Waals surface area contributed by atoms with Crippen molar-refractivity contribution >= 4 is 17.2 Å². The van der Waals surface area contributed by atoms with Gasteiger partial charge in [-0.05, 0) is 32.2 Å². The second-order valence-corrected chi connectivity index (χ2v) is 6.23. The Kier molecular flexibility index (Phi) is 7.67. The average molecular weight is 283 g/mol. The van der Waals surface area contributed by atoms with Crippen molar-refractivity contribution in [3.05, 3.63) is 16.1 Å². The molecule has 1 amide bonds. The van der Waals surface area contributed by atoms with Crippen LogP contribution in [0.3, 0.4) is 0 Å². The number of aryl methyl sites for hydroxylation is 1. The van der Waals surface area contributed by atoms with Crippen molar-refractivity contribution in [1.29, 1.82) is 0 Å². The molecule has 1 unspecified atom stereocenters. The van der Waals surface area contributed by atoms with Gasteiger partial charge in [-0.1, -0.05) is 19.8 Å². The third-order valence-electron chi connectivity index (χ3n) is 3.16. The molecule has 0 saturated carbocycles. The van der Waals surface area contributed by atoms with E-state index in [9.17, 15) is 4.79 Å². The van der Waals surface area contributed by atoms with E-state index in [1.807, 2.05) is 13.1 Å². The van der Waals surface area contributed by atoms with Gasteiger partial charge in [-0.25, -0.2) is 4.98 Å². The summed E-state index contributed by atoms with van der Waals surface area (Å²) in [5, 5.41) is 3.90. The zero-order chi connectivity index (χ0) is 14.1. The SMILES string of the molecule is CCCC(CCN)CCC(=O)NCc1ncc(C)s1. The third kappa shape index (κ3) is 6.68. The Morgan fingerprint density at radius 2 is 2.26 bits per heavy atom. The van der Waals surface area contributed by atoms with E-state index in [1.54, 1.807) is 11.3 Å². The Labute approximate surface area is 119 Å². The van der Waals surface area contributed by atoms with Gasteiger partial charge in [0, 0.05) is 17.5 Å². The minimum Gasteiger partial charge on any atom is -0.350 e. The molecule has 1 atom stereocenters. The summed E-state index contributed by atoms with van der Waals surface area (Å²) >= 11 is 1.63. The summed E-state index contributed by atoms with van der Waals surface area (Å²) in [6.45, 7) is 5.46. The van der Waals surface area contributed by atoms with Crippen molar-refractivity contribution in [3.8, 4) is 0 Å². The van der Waals surface area contributed by atoms with Crippen molar-refractivity contribution in [2.45, 2.75) is 52.5 Å². The molecule has 5 heteroatoms. The standard InChI is InChI=1S/C14H25N3OS/c1-3-4-12(7-8-15)5-6-13(18)16-10-14-17-9-11(2)19-14/h9,12H,3-8,10,15H2,1-2H3,(H,16,18). The molecule has 1 aromatic heterocycles. The number of rotatable bonds is 9. The monoisotopic (exact) mass is 283 g/mol. The molecule has 0 aromatic carbocycles. The van der Waals surface area contributed by atoms with Gasteiger partial charge in [0.1, 0.15) is 5.01 Å². The molecule has 0 aliphatic heterocycles. The predicted octanol–water partition coefficient (Wildman–Crippen LogP) is 2.61. The summed E-state index contributed by atoms with van der Waals surface area (Å²) in [5.74, 6) is 0.703. The number of aromatic nitrogens is 1. The van der Waals surface area contributed by atoms with Crippen LogP contribution in [-0.2, 0) is 11.3 Å². The summed E-state index contributed by atoms with van der Waals surface area (Å²) < 4.78 is 0. The second-order valence-electron chi connectivity index (χ2n) is 4.91.